The Hall–Kier alpha value is -2.90. The van der Waals surface area contributed by atoms with Gasteiger partial charge in [0.05, 0.1) is 16.8 Å². The van der Waals surface area contributed by atoms with Crippen LogP contribution in [0.4, 0.5) is 4.79 Å². The third kappa shape index (κ3) is 4.57. The lowest BCUT2D eigenvalue weighted by Crippen LogP contribution is -2.41. The van der Waals surface area contributed by atoms with Crippen LogP contribution < -0.4 is 0 Å². The standard InChI is InChI=1S/C23H31N5O3/c1-22(2,3)18-17-13-16(14-28(17)12-9-24-18)20-25-19(26-31-20)15-7-10-27(11-8-15)21(29)30-23(4,5)6/h9,12-15H,7-8,10-11H2,1-6H3. The molecule has 0 atom stereocenters. The van der Waals surface area contributed by atoms with Gasteiger partial charge in [-0.15, -0.1) is 0 Å². The SMILES string of the molecule is CC(C)(C)OC(=O)N1CCC(c2noc(-c3cc4c(C(C)(C)C)nccn4c3)n2)CC1. The van der Waals surface area contributed by atoms with Crippen molar-refractivity contribution in [3.8, 4) is 11.5 Å². The van der Waals surface area contributed by atoms with E-state index in [0.29, 0.717) is 24.8 Å². The van der Waals surface area contributed by atoms with Crippen LogP contribution in [0.3, 0.4) is 0 Å². The molecule has 8 nitrogen and oxygen atoms in total. The lowest BCUT2D eigenvalue weighted by molar-refractivity contribution is 0.0203. The molecular formula is C23H31N5O3. The summed E-state index contributed by atoms with van der Waals surface area (Å²) >= 11 is 0. The molecule has 0 radical (unpaired) electrons. The molecule has 0 unspecified atom stereocenters. The third-order valence-corrected chi connectivity index (χ3v) is 5.43. The lowest BCUT2D eigenvalue weighted by Gasteiger charge is -2.32. The van der Waals surface area contributed by atoms with Crippen LogP contribution in [0.1, 0.15) is 71.8 Å². The quantitative estimate of drug-likeness (QED) is 0.586. The van der Waals surface area contributed by atoms with Gasteiger partial charge < -0.3 is 18.6 Å². The van der Waals surface area contributed by atoms with Gasteiger partial charge in [0, 0.05) is 43.0 Å². The van der Waals surface area contributed by atoms with Crippen molar-refractivity contribution in [3.05, 3.63) is 36.2 Å². The van der Waals surface area contributed by atoms with Gasteiger partial charge in [-0.25, -0.2) is 4.79 Å². The summed E-state index contributed by atoms with van der Waals surface area (Å²) in [5.41, 5.74) is 2.38. The molecule has 4 heterocycles. The van der Waals surface area contributed by atoms with E-state index < -0.39 is 5.60 Å². The zero-order valence-corrected chi connectivity index (χ0v) is 19.2. The average Bonchev–Trinajstić information content (AvgIpc) is 3.32. The van der Waals surface area contributed by atoms with Gasteiger partial charge in [0.15, 0.2) is 5.82 Å². The number of ether oxygens (including phenoxy) is 1. The predicted octanol–water partition coefficient (Wildman–Crippen LogP) is 4.80. The van der Waals surface area contributed by atoms with Crippen molar-refractivity contribution >= 4 is 11.6 Å². The first-order valence-electron chi connectivity index (χ1n) is 10.8. The fraction of sp³-hybridized carbons (Fsp3) is 0.565. The molecule has 1 saturated heterocycles. The van der Waals surface area contributed by atoms with E-state index in [9.17, 15) is 4.79 Å². The highest BCUT2D eigenvalue weighted by Crippen LogP contribution is 2.31. The maximum atomic E-state index is 12.3. The van der Waals surface area contributed by atoms with Crippen molar-refractivity contribution in [2.75, 3.05) is 13.1 Å². The van der Waals surface area contributed by atoms with Gasteiger partial charge in [-0.1, -0.05) is 25.9 Å². The van der Waals surface area contributed by atoms with E-state index in [1.165, 1.54) is 0 Å². The molecule has 3 aromatic rings. The Labute approximate surface area is 182 Å². The van der Waals surface area contributed by atoms with E-state index in [-0.39, 0.29) is 17.4 Å². The number of nitrogens with zero attached hydrogens (tertiary/aromatic N) is 5. The van der Waals surface area contributed by atoms with Gasteiger partial charge in [0.25, 0.3) is 5.89 Å². The molecule has 1 amide bonds. The Bertz CT molecular complexity index is 1080. The predicted molar refractivity (Wildman–Crippen MR) is 117 cm³/mol. The minimum absolute atomic E-state index is 0.0692. The van der Waals surface area contributed by atoms with Crippen LogP contribution in [-0.2, 0) is 10.2 Å². The molecule has 1 fully saturated rings. The highest BCUT2D eigenvalue weighted by molar-refractivity contribution is 5.68. The molecule has 4 rings (SSSR count). The van der Waals surface area contributed by atoms with Crippen LogP contribution in [0.15, 0.2) is 29.2 Å². The number of carbonyl (C=O) groups is 1. The molecule has 0 aliphatic carbocycles. The number of hydrogen-bond acceptors (Lipinski definition) is 6. The van der Waals surface area contributed by atoms with Crippen LogP contribution in [0.5, 0.6) is 0 Å². The smallest absolute Gasteiger partial charge is 0.410 e. The molecule has 8 heteroatoms. The van der Waals surface area contributed by atoms with Crippen LogP contribution in [0.25, 0.3) is 17.0 Å². The van der Waals surface area contributed by atoms with Crippen molar-refractivity contribution in [1.29, 1.82) is 0 Å². The molecule has 31 heavy (non-hydrogen) atoms. The molecule has 0 spiro atoms. The Kier molecular flexibility index (Phi) is 5.27. The molecule has 3 aromatic heterocycles. The van der Waals surface area contributed by atoms with Crippen LogP contribution in [0.2, 0.25) is 0 Å². The van der Waals surface area contributed by atoms with Crippen molar-refractivity contribution in [3.63, 3.8) is 0 Å². The molecule has 0 bridgehead atoms. The van der Waals surface area contributed by atoms with Crippen molar-refractivity contribution in [1.82, 2.24) is 24.4 Å². The monoisotopic (exact) mass is 425 g/mol. The number of hydrogen-bond donors (Lipinski definition) is 0. The number of fused-ring (bicyclic) bond motifs is 1. The van der Waals surface area contributed by atoms with Gasteiger partial charge in [-0.2, -0.15) is 4.98 Å². The van der Waals surface area contributed by atoms with Gasteiger partial charge in [0.2, 0.25) is 0 Å². The zero-order valence-electron chi connectivity index (χ0n) is 19.2. The van der Waals surface area contributed by atoms with Gasteiger partial charge in [-0.05, 0) is 39.7 Å². The fourth-order valence-electron chi connectivity index (χ4n) is 3.90. The van der Waals surface area contributed by atoms with E-state index in [0.717, 1.165) is 29.6 Å². The van der Waals surface area contributed by atoms with E-state index in [1.807, 2.05) is 43.8 Å². The van der Waals surface area contributed by atoms with Gasteiger partial charge in [-0.3, -0.25) is 4.98 Å². The second kappa shape index (κ2) is 7.66. The number of rotatable bonds is 2. The molecular weight excluding hydrogens is 394 g/mol. The Morgan fingerprint density at radius 3 is 2.52 bits per heavy atom. The Morgan fingerprint density at radius 2 is 1.87 bits per heavy atom. The highest BCUT2D eigenvalue weighted by Gasteiger charge is 2.30. The number of likely N-dealkylation sites (tertiary alicyclic amines) is 1. The number of aromatic nitrogens is 4. The molecule has 1 aliphatic rings. The summed E-state index contributed by atoms with van der Waals surface area (Å²) in [6, 6.07) is 2.05. The summed E-state index contributed by atoms with van der Waals surface area (Å²) in [7, 11) is 0. The minimum atomic E-state index is -0.486. The maximum Gasteiger partial charge on any atom is 0.410 e. The Balaban J connectivity index is 1.48. The first kappa shape index (κ1) is 21.3. The van der Waals surface area contributed by atoms with E-state index in [2.05, 4.69) is 42.0 Å². The second-order valence-electron chi connectivity index (χ2n) is 10.2. The largest absolute Gasteiger partial charge is 0.444 e. The van der Waals surface area contributed by atoms with Crippen molar-refractivity contribution in [2.24, 2.45) is 0 Å². The molecule has 166 valence electrons. The summed E-state index contributed by atoms with van der Waals surface area (Å²) in [5.74, 6) is 1.37. The summed E-state index contributed by atoms with van der Waals surface area (Å²) in [4.78, 5) is 23.3. The first-order valence-corrected chi connectivity index (χ1v) is 10.8. The number of amides is 1. The average molecular weight is 426 g/mol. The van der Waals surface area contributed by atoms with Crippen LogP contribution in [-0.4, -0.2) is 49.2 Å². The summed E-state index contributed by atoms with van der Waals surface area (Å²) in [5, 5.41) is 4.24. The van der Waals surface area contributed by atoms with Crippen molar-refractivity contribution < 1.29 is 14.1 Å². The summed E-state index contributed by atoms with van der Waals surface area (Å²) < 4.78 is 13.1. The molecule has 0 aromatic carbocycles. The first-order chi connectivity index (χ1) is 14.5. The zero-order chi connectivity index (χ0) is 22.4. The van der Waals surface area contributed by atoms with Crippen LogP contribution >= 0.6 is 0 Å². The summed E-state index contributed by atoms with van der Waals surface area (Å²) in [6.45, 7) is 13.3. The van der Waals surface area contributed by atoms with E-state index in [1.54, 1.807) is 4.90 Å². The fourth-order valence-corrected chi connectivity index (χ4v) is 3.90. The third-order valence-electron chi connectivity index (χ3n) is 5.43. The summed E-state index contributed by atoms with van der Waals surface area (Å²) in [6.07, 6.45) is 7.05. The highest BCUT2D eigenvalue weighted by atomic mass is 16.6. The molecule has 0 saturated carbocycles. The maximum absolute atomic E-state index is 12.3. The number of carbonyl (C=O) groups excluding carboxylic acids is 1. The minimum Gasteiger partial charge on any atom is -0.444 e. The normalized spacial score (nSPS) is 16.1. The van der Waals surface area contributed by atoms with Gasteiger partial charge in [0.1, 0.15) is 5.60 Å². The topological polar surface area (TPSA) is 85.8 Å². The molecule has 1 aliphatic heterocycles. The van der Waals surface area contributed by atoms with Crippen molar-refractivity contribution in [2.45, 2.75) is 71.3 Å². The Morgan fingerprint density at radius 1 is 1.16 bits per heavy atom. The van der Waals surface area contributed by atoms with E-state index in [4.69, 9.17) is 9.26 Å². The second-order valence-corrected chi connectivity index (χ2v) is 10.2. The van der Waals surface area contributed by atoms with E-state index >= 15 is 0 Å². The van der Waals surface area contributed by atoms with Crippen LogP contribution in [0, 0.1) is 0 Å². The van der Waals surface area contributed by atoms with Gasteiger partial charge >= 0.3 is 6.09 Å². The molecule has 0 N–H and O–H groups in total. The lowest BCUT2D eigenvalue weighted by atomic mass is 9.91. The number of piperidine rings is 1.